The average Bonchev–Trinajstić information content (AvgIpc) is 3.20. The quantitative estimate of drug-likeness (QED) is 0.617. The number of rotatable bonds is 6. The van der Waals surface area contributed by atoms with E-state index in [-0.39, 0.29) is 0 Å². The Labute approximate surface area is 165 Å². The van der Waals surface area contributed by atoms with Crippen molar-refractivity contribution in [2.24, 2.45) is 0 Å². The number of fused-ring (bicyclic) bond motifs is 1. The Morgan fingerprint density at radius 1 is 1.14 bits per heavy atom. The van der Waals surface area contributed by atoms with Crippen LogP contribution in [-0.2, 0) is 9.59 Å². The Balaban J connectivity index is 1.84. The minimum atomic E-state index is -1.38. The van der Waals surface area contributed by atoms with Gasteiger partial charge in [0.15, 0.2) is 11.8 Å². The zero-order chi connectivity index (χ0) is 20.3. The summed E-state index contributed by atoms with van der Waals surface area (Å²) in [6, 6.07) is 11.5. The molecule has 0 aliphatic rings. The van der Waals surface area contributed by atoms with Crippen LogP contribution in [-0.4, -0.2) is 59.3 Å². The molecule has 144 valence electrons. The number of thiazole rings is 1. The summed E-state index contributed by atoms with van der Waals surface area (Å²) >= 11 is 1.56. The van der Waals surface area contributed by atoms with Crippen molar-refractivity contribution in [3.63, 3.8) is 0 Å². The van der Waals surface area contributed by atoms with Gasteiger partial charge in [-0.3, -0.25) is 14.4 Å². The molecule has 8 heteroatoms. The summed E-state index contributed by atoms with van der Waals surface area (Å²) in [6.45, 7) is -0.825. The average molecular weight is 397 g/mol. The number of hydrogen-bond acceptors (Lipinski definition) is 6. The van der Waals surface area contributed by atoms with E-state index < -0.39 is 30.2 Å². The van der Waals surface area contributed by atoms with Crippen molar-refractivity contribution < 1.29 is 19.5 Å². The number of Topliss-reactive ketones (excluding diaryl/α,β-unsaturated/α-hetero) is 1. The second-order valence-electron chi connectivity index (χ2n) is 6.17. The lowest BCUT2D eigenvalue weighted by Gasteiger charge is -2.25. The number of aliphatic hydroxyl groups excluding tert-OH is 1. The van der Waals surface area contributed by atoms with Gasteiger partial charge in [0.2, 0.25) is 5.91 Å². The molecule has 2 amide bonds. The number of amides is 2. The molecule has 0 aliphatic heterocycles. The molecule has 1 heterocycles. The molecule has 7 nitrogen and oxygen atoms in total. The van der Waals surface area contributed by atoms with E-state index in [2.05, 4.69) is 10.3 Å². The summed E-state index contributed by atoms with van der Waals surface area (Å²) in [5.41, 5.74) is 5.01. The minimum absolute atomic E-state index is 0.338. The van der Waals surface area contributed by atoms with Crippen LogP contribution in [0.4, 0.5) is 0 Å². The molecule has 0 saturated carbocycles. The minimum Gasteiger partial charge on any atom is -0.388 e. The second-order valence-corrected chi connectivity index (χ2v) is 7.06. The van der Waals surface area contributed by atoms with Gasteiger partial charge in [0.1, 0.15) is 6.61 Å². The molecule has 3 aromatic rings. The molecule has 1 aromatic heterocycles. The van der Waals surface area contributed by atoms with Crippen LogP contribution >= 0.6 is 11.3 Å². The van der Waals surface area contributed by atoms with E-state index in [1.165, 1.54) is 14.1 Å². The van der Waals surface area contributed by atoms with E-state index >= 15 is 0 Å². The summed E-state index contributed by atoms with van der Waals surface area (Å²) in [4.78, 5) is 41.9. The summed E-state index contributed by atoms with van der Waals surface area (Å²) in [5.74, 6) is -1.88. The molecule has 1 unspecified atom stereocenters. The van der Waals surface area contributed by atoms with Gasteiger partial charge < -0.3 is 15.3 Å². The fraction of sp³-hybridized carbons (Fsp3) is 0.200. The van der Waals surface area contributed by atoms with Crippen LogP contribution in [0.15, 0.2) is 48.0 Å². The highest BCUT2D eigenvalue weighted by atomic mass is 32.1. The van der Waals surface area contributed by atoms with Crippen molar-refractivity contribution in [3.8, 4) is 11.1 Å². The molecule has 0 bridgehead atoms. The van der Waals surface area contributed by atoms with Gasteiger partial charge in [-0.1, -0.05) is 18.2 Å². The summed E-state index contributed by atoms with van der Waals surface area (Å²) in [7, 11) is 2.73. The van der Waals surface area contributed by atoms with E-state index in [0.29, 0.717) is 5.56 Å². The van der Waals surface area contributed by atoms with Crippen LogP contribution in [0.1, 0.15) is 10.4 Å². The number of ketones is 1. The molecule has 0 radical (unpaired) electrons. The van der Waals surface area contributed by atoms with Crippen LogP contribution in [0.25, 0.3) is 21.3 Å². The first-order valence-corrected chi connectivity index (χ1v) is 9.40. The van der Waals surface area contributed by atoms with E-state index in [0.717, 1.165) is 26.2 Å². The number of nitrogens with one attached hydrogen (secondary N) is 1. The van der Waals surface area contributed by atoms with Crippen LogP contribution in [0.3, 0.4) is 0 Å². The first kappa shape index (κ1) is 19.7. The maximum absolute atomic E-state index is 12.7. The number of benzene rings is 2. The molecule has 0 aliphatic carbocycles. The molecule has 0 saturated heterocycles. The summed E-state index contributed by atoms with van der Waals surface area (Å²) in [5, 5.41) is 11.4. The smallest absolute Gasteiger partial charge is 0.254 e. The lowest BCUT2D eigenvalue weighted by atomic mass is 10.0. The predicted molar refractivity (Wildman–Crippen MR) is 107 cm³/mol. The van der Waals surface area contributed by atoms with Gasteiger partial charge >= 0.3 is 0 Å². The van der Waals surface area contributed by atoms with Crippen molar-refractivity contribution in [1.29, 1.82) is 0 Å². The van der Waals surface area contributed by atoms with Crippen LogP contribution in [0.2, 0.25) is 0 Å². The van der Waals surface area contributed by atoms with E-state index in [4.69, 9.17) is 5.11 Å². The van der Waals surface area contributed by atoms with Crippen molar-refractivity contribution >= 4 is 39.2 Å². The van der Waals surface area contributed by atoms with Gasteiger partial charge in [-0.25, -0.2) is 4.98 Å². The highest BCUT2D eigenvalue weighted by Gasteiger charge is 2.32. The Morgan fingerprint density at radius 3 is 2.46 bits per heavy atom. The van der Waals surface area contributed by atoms with Crippen molar-refractivity contribution in [1.82, 2.24) is 15.2 Å². The number of aromatic nitrogens is 1. The molecule has 1 atom stereocenters. The van der Waals surface area contributed by atoms with Crippen molar-refractivity contribution in [3.05, 3.63) is 53.5 Å². The molecular weight excluding hydrogens is 378 g/mol. The number of likely N-dealkylation sites (N-methyl/N-ethyl adjacent to an activating group) is 2. The van der Waals surface area contributed by atoms with E-state index in [1.54, 1.807) is 29.0 Å². The standard InChI is InChI=1S/C20H19N3O4S/c1-21-19(26)18(16(25)10-24)23(2)20(27)13-5-3-12(4-6-13)14-7-8-15-17(9-14)28-11-22-15/h3-9,11,18,24H,10H2,1-2H3,(H,21,26). The molecule has 2 N–H and O–H groups in total. The number of nitrogens with zero attached hydrogens (tertiary/aromatic N) is 2. The van der Waals surface area contributed by atoms with Gasteiger partial charge in [0, 0.05) is 19.7 Å². The fourth-order valence-corrected chi connectivity index (χ4v) is 3.64. The largest absolute Gasteiger partial charge is 0.388 e. The van der Waals surface area contributed by atoms with E-state index in [1.807, 2.05) is 30.3 Å². The lowest BCUT2D eigenvalue weighted by Crippen LogP contribution is -2.52. The highest BCUT2D eigenvalue weighted by molar-refractivity contribution is 7.16. The molecule has 0 spiro atoms. The Bertz CT molecular complexity index is 1010. The van der Waals surface area contributed by atoms with E-state index in [9.17, 15) is 14.4 Å². The number of carbonyl (C=O) groups excluding carboxylic acids is 3. The SMILES string of the molecule is CNC(=O)C(C(=O)CO)N(C)C(=O)c1ccc(-c2ccc3ncsc3c2)cc1. The molecule has 0 fully saturated rings. The third kappa shape index (κ3) is 3.78. The van der Waals surface area contributed by atoms with Crippen molar-refractivity contribution in [2.75, 3.05) is 20.7 Å². The van der Waals surface area contributed by atoms with Gasteiger partial charge in [-0.2, -0.15) is 0 Å². The molecular formula is C20H19N3O4S. The normalized spacial score (nSPS) is 11.8. The maximum atomic E-state index is 12.7. The first-order chi connectivity index (χ1) is 13.5. The maximum Gasteiger partial charge on any atom is 0.254 e. The molecule has 28 heavy (non-hydrogen) atoms. The number of carbonyl (C=O) groups is 3. The van der Waals surface area contributed by atoms with Gasteiger partial charge in [-0.05, 0) is 35.4 Å². The number of hydrogen-bond donors (Lipinski definition) is 2. The highest BCUT2D eigenvalue weighted by Crippen LogP contribution is 2.26. The molecule has 3 rings (SSSR count). The fourth-order valence-electron chi connectivity index (χ4n) is 2.92. The summed E-state index contributed by atoms with van der Waals surface area (Å²) < 4.78 is 1.08. The van der Waals surface area contributed by atoms with Crippen LogP contribution in [0, 0.1) is 0 Å². The van der Waals surface area contributed by atoms with Gasteiger partial charge in [0.05, 0.1) is 15.7 Å². The van der Waals surface area contributed by atoms with Crippen LogP contribution in [0.5, 0.6) is 0 Å². The zero-order valence-electron chi connectivity index (χ0n) is 15.4. The third-order valence-electron chi connectivity index (χ3n) is 4.46. The number of aliphatic hydroxyl groups is 1. The Morgan fingerprint density at radius 2 is 1.82 bits per heavy atom. The van der Waals surface area contributed by atoms with Crippen molar-refractivity contribution in [2.45, 2.75) is 6.04 Å². The van der Waals surface area contributed by atoms with Gasteiger partial charge in [0.25, 0.3) is 5.91 Å². The topological polar surface area (TPSA) is 99.6 Å². The Kier molecular flexibility index (Phi) is 5.81. The third-order valence-corrected chi connectivity index (χ3v) is 5.25. The van der Waals surface area contributed by atoms with Crippen LogP contribution < -0.4 is 5.32 Å². The monoisotopic (exact) mass is 397 g/mol. The van der Waals surface area contributed by atoms with Gasteiger partial charge in [-0.15, -0.1) is 11.3 Å². The first-order valence-electron chi connectivity index (χ1n) is 8.52. The summed E-state index contributed by atoms with van der Waals surface area (Å²) in [6.07, 6.45) is 0. The predicted octanol–water partition coefficient (Wildman–Crippen LogP) is 1.71. The zero-order valence-corrected chi connectivity index (χ0v) is 16.2. The molecule has 2 aromatic carbocycles. The lowest BCUT2D eigenvalue weighted by molar-refractivity contribution is -0.135. The second kappa shape index (κ2) is 8.28. The Hall–Kier alpha value is -3.10.